The molecular formula is C68H68N12O12. The third-order valence-electron chi connectivity index (χ3n) is 14.2. The number of rotatable bonds is 12. The van der Waals surface area contributed by atoms with Crippen molar-refractivity contribution in [3.8, 4) is 45.6 Å². The summed E-state index contributed by atoms with van der Waals surface area (Å²) in [5, 5.41) is 13.2. The van der Waals surface area contributed by atoms with Gasteiger partial charge in [0, 0.05) is 74.6 Å². The van der Waals surface area contributed by atoms with Crippen LogP contribution in [-0.2, 0) is 71.3 Å². The lowest BCUT2D eigenvalue weighted by molar-refractivity contribution is 0.0516. The van der Waals surface area contributed by atoms with Crippen LogP contribution in [-0.4, -0.2) is 113 Å². The van der Waals surface area contributed by atoms with Crippen LogP contribution in [0.1, 0.15) is 184 Å². The van der Waals surface area contributed by atoms with Crippen LogP contribution >= 0.6 is 0 Å². The molecule has 16 bridgehead atoms. The standard InChI is InChI=1S/C36H38N6O8.C32H30N6O4/c1-5-47-33(43)21-9-25-17-37-18-27-11-23(35(45)49-7-3)15-31(41-27)32-16-24(36(46)50-8-4)12-28(42-32)20-38-19-26-10-22(34(44)48-6-2)14-30(40-26)29(13-21)39-25;1-17(39)21-5-25-13-33-14-27-7-23(19(3)41)11-31(37-27)32-12-24(20(4)42)8-28(38-32)16-34-15-26-6-22(18(2)40)10-30(36-26)29(9-21)35-25/h9-16,37-38H,5-8,17-20H2,1-4H3;5-12,33-34H,13-16H2,1-4H3. The molecule has 2 aliphatic heterocycles. The van der Waals surface area contributed by atoms with Gasteiger partial charge in [0.25, 0.3) is 0 Å². The van der Waals surface area contributed by atoms with E-state index in [0.29, 0.717) is 140 Å². The van der Waals surface area contributed by atoms with Crippen LogP contribution in [0.25, 0.3) is 45.6 Å². The molecule has 472 valence electrons. The molecule has 0 atom stereocenters. The molecule has 8 aromatic rings. The van der Waals surface area contributed by atoms with E-state index in [4.69, 9.17) is 58.8 Å². The molecule has 0 amide bonds. The first kappa shape index (κ1) is 66.0. The highest BCUT2D eigenvalue weighted by Gasteiger charge is 2.22. The molecule has 24 nitrogen and oxygen atoms in total. The van der Waals surface area contributed by atoms with Crippen molar-refractivity contribution in [1.82, 2.24) is 61.1 Å². The normalized spacial score (nSPS) is 12.8. The minimum Gasteiger partial charge on any atom is -0.462 e. The summed E-state index contributed by atoms with van der Waals surface area (Å²) in [6, 6.07) is 26.3. The fourth-order valence-electron chi connectivity index (χ4n) is 9.89. The summed E-state index contributed by atoms with van der Waals surface area (Å²) in [5.41, 5.74) is 10.6. The van der Waals surface area contributed by atoms with Crippen molar-refractivity contribution in [3.63, 3.8) is 0 Å². The van der Waals surface area contributed by atoms with E-state index in [1.54, 1.807) is 125 Å². The number of fused-ring (bicyclic) bond motifs is 20. The molecule has 0 fully saturated rings. The first-order valence-electron chi connectivity index (χ1n) is 29.9. The molecule has 0 unspecified atom stereocenters. The van der Waals surface area contributed by atoms with Crippen molar-refractivity contribution in [1.29, 1.82) is 0 Å². The van der Waals surface area contributed by atoms with Gasteiger partial charge in [0.2, 0.25) is 0 Å². The molecule has 24 heteroatoms. The Morgan fingerprint density at radius 3 is 0.543 bits per heavy atom. The molecule has 0 aromatic carbocycles. The first-order valence-corrected chi connectivity index (χ1v) is 29.9. The van der Waals surface area contributed by atoms with Gasteiger partial charge in [-0.3, -0.25) is 19.2 Å². The van der Waals surface area contributed by atoms with Gasteiger partial charge in [-0.05, 0) is 152 Å². The summed E-state index contributed by atoms with van der Waals surface area (Å²) in [4.78, 5) is 139. The molecular weight excluding hydrogens is 1180 g/mol. The number of pyridine rings is 8. The number of Topliss-reactive ketones (excluding diaryl/α,β-unsaturated/α-hetero) is 4. The summed E-state index contributed by atoms with van der Waals surface area (Å²) in [5.74, 6) is -2.62. The number of carbonyl (C=O) groups excluding carboxylic acids is 8. The smallest absolute Gasteiger partial charge is 0.338 e. The second-order valence-corrected chi connectivity index (χ2v) is 21.4. The third-order valence-corrected chi connectivity index (χ3v) is 14.2. The molecule has 8 aromatic heterocycles. The zero-order valence-corrected chi connectivity index (χ0v) is 52.2. The van der Waals surface area contributed by atoms with Crippen LogP contribution in [0.4, 0.5) is 0 Å². The Bertz CT molecular complexity index is 3680. The summed E-state index contributed by atoms with van der Waals surface area (Å²) < 4.78 is 21.1. The van der Waals surface area contributed by atoms with E-state index < -0.39 is 23.9 Å². The van der Waals surface area contributed by atoms with Gasteiger partial charge in [-0.2, -0.15) is 0 Å². The number of hydrogen-bond acceptors (Lipinski definition) is 24. The van der Waals surface area contributed by atoms with Gasteiger partial charge in [0.15, 0.2) is 23.1 Å². The fraction of sp³-hybridized carbons (Fsp3) is 0.294. The predicted molar refractivity (Wildman–Crippen MR) is 336 cm³/mol. The molecule has 2 aliphatic rings. The van der Waals surface area contributed by atoms with Gasteiger partial charge in [0.05, 0.1) is 140 Å². The van der Waals surface area contributed by atoms with Gasteiger partial charge in [-0.15, -0.1) is 0 Å². The first-order chi connectivity index (χ1) is 44.3. The minimum atomic E-state index is -0.535. The Morgan fingerprint density at radius 2 is 0.402 bits per heavy atom. The number of aromatic nitrogens is 8. The lowest BCUT2D eigenvalue weighted by atomic mass is 10.0. The van der Waals surface area contributed by atoms with Gasteiger partial charge >= 0.3 is 23.9 Å². The van der Waals surface area contributed by atoms with Crippen molar-refractivity contribution in [2.75, 3.05) is 26.4 Å². The Hall–Kier alpha value is -10.4. The number of hydrogen-bond donors (Lipinski definition) is 4. The molecule has 4 N–H and O–H groups in total. The molecule has 10 rings (SSSR count). The largest absolute Gasteiger partial charge is 0.462 e. The van der Waals surface area contributed by atoms with Crippen molar-refractivity contribution < 1.29 is 57.3 Å². The number of carbonyl (C=O) groups is 8. The maximum Gasteiger partial charge on any atom is 0.338 e. The maximum atomic E-state index is 12.9. The molecule has 0 saturated carbocycles. The zero-order chi connectivity index (χ0) is 65.6. The topological polar surface area (TPSA) is 325 Å². The highest BCUT2D eigenvalue weighted by molar-refractivity contribution is 5.98. The van der Waals surface area contributed by atoms with Crippen LogP contribution in [0.5, 0.6) is 0 Å². The number of nitrogens with one attached hydrogen (secondary N) is 4. The summed E-state index contributed by atoms with van der Waals surface area (Å²) in [6.07, 6.45) is 0. The van der Waals surface area contributed by atoms with Crippen LogP contribution in [0.2, 0.25) is 0 Å². The van der Waals surface area contributed by atoms with Crippen molar-refractivity contribution in [2.45, 2.75) is 108 Å². The minimum absolute atomic E-state index is 0.120. The van der Waals surface area contributed by atoms with E-state index in [0.717, 1.165) is 0 Å². The zero-order valence-electron chi connectivity index (χ0n) is 52.2. The Balaban J connectivity index is 0.000000221. The number of esters is 4. The second-order valence-electron chi connectivity index (χ2n) is 21.4. The lowest BCUT2D eigenvalue weighted by Crippen LogP contribution is -2.19. The predicted octanol–water partition coefficient (Wildman–Crippen LogP) is 8.50. The van der Waals surface area contributed by atoms with E-state index in [-0.39, 0.29) is 98.0 Å². The van der Waals surface area contributed by atoms with Crippen LogP contribution in [0.15, 0.2) is 97.1 Å². The van der Waals surface area contributed by atoms with Crippen molar-refractivity contribution >= 4 is 47.0 Å². The highest BCUT2D eigenvalue weighted by atomic mass is 16.5. The van der Waals surface area contributed by atoms with Crippen LogP contribution in [0, 0.1) is 0 Å². The van der Waals surface area contributed by atoms with Crippen LogP contribution in [0.3, 0.4) is 0 Å². The number of ketones is 4. The molecule has 10 heterocycles. The molecule has 0 saturated heterocycles. The highest BCUT2D eigenvalue weighted by Crippen LogP contribution is 2.27. The van der Waals surface area contributed by atoms with Crippen molar-refractivity contribution in [2.24, 2.45) is 0 Å². The molecule has 92 heavy (non-hydrogen) atoms. The quantitative estimate of drug-likeness (QED) is 0.0506. The second kappa shape index (κ2) is 30.4. The number of ether oxygens (including phenoxy) is 4. The monoisotopic (exact) mass is 1240 g/mol. The summed E-state index contributed by atoms with van der Waals surface area (Å²) >= 11 is 0. The summed E-state index contributed by atoms with van der Waals surface area (Å²) in [6.45, 7) is 15.5. The molecule has 0 spiro atoms. The fourth-order valence-corrected chi connectivity index (χ4v) is 9.89. The van der Waals surface area contributed by atoms with Crippen LogP contribution < -0.4 is 21.3 Å². The van der Waals surface area contributed by atoms with E-state index in [1.807, 2.05) is 0 Å². The van der Waals surface area contributed by atoms with Gasteiger partial charge in [-0.1, -0.05) is 0 Å². The average Bonchev–Trinajstić information content (AvgIpc) is 0.918. The van der Waals surface area contributed by atoms with E-state index >= 15 is 0 Å². The van der Waals surface area contributed by atoms with Gasteiger partial charge < -0.3 is 40.2 Å². The molecule has 0 aliphatic carbocycles. The van der Waals surface area contributed by atoms with Crippen molar-refractivity contribution in [3.05, 3.63) is 187 Å². The van der Waals surface area contributed by atoms with Gasteiger partial charge in [-0.25, -0.2) is 59.0 Å². The van der Waals surface area contributed by atoms with Gasteiger partial charge in [0.1, 0.15) is 0 Å². The third kappa shape index (κ3) is 17.1. The SMILES string of the molecule is CC(=O)c1cc2nc(c1)-c1cc(C(C)=O)cc(n1)CNCc1cc(C(C)=O)cc(n1)-c1cc(C(C)=O)cc(n1)CNC2.CCOC(=O)c1cc2nc(c1)-c1cc(C(=O)OCC)cc(n1)CNCc1cc(C(=O)OCC)cc(n1)-c1cc(C(=O)OCC)cc(n1)CNC2. The Kier molecular flexibility index (Phi) is 21.8. The average molecular weight is 1250 g/mol. The van der Waals surface area contributed by atoms with E-state index in [1.165, 1.54) is 27.7 Å². The maximum absolute atomic E-state index is 12.9. The number of nitrogens with zero attached hydrogens (tertiary/aromatic N) is 8. The lowest BCUT2D eigenvalue weighted by Gasteiger charge is -2.14. The van der Waals surface area contributed by atoms with E-state index in [2.05, 4.69) is 21.3 Å². The molecule has 0 radical (unpaired) electrons. The Morgan fingerprint density at radius 1 is 0.261 bits per heavy atom. The summed E-state index contributed by atoms with van der Waals surface area (Å²) in [7, 11) is 0. The van der Waals surface area contributed by atoms with E-state index in [9.17, 15) is 38.4 Å². The Labute approximate surface area is 530 Å².